The van der Waals surface area contributed by atoms with Crippen LogP contribution in [-0.4, -0.2) is 14.3 Å². The van der Waals surface area contributed by atoms with Gasteiger partial charge < -0.3 is 5.32 Å². The molecule has 0 atom stereocenters. The molecular weight excluding hydrogens is 419 g/mol. The van der Waals surface area contributed by atoms with Crippen LogP contribution in [0, 0.1) is 6.92 Å². The molecule has 28 heavy (non-hydrogen) atoms. The maximum absolute atomic E-state index is 12.6. The predicted molar refractivity (Wildman–Crippen MR) is 113 cm³/mol. The highest BCUT2D eigenvalue weighted by molar-refractivity contribution is 7.92. The number of hydrogen-bond donors (Lipinski definition) is 2. The van der Waals surface area contributed by atoms with Gasteiger partial charge in [-0.25, -0.2) is 8.42 Å². The third kappa shape index (κ3) is 4.47. The van der Waals surface area contributed by atoms with Crippen LogP contribution in [0.5, 0.6) is 0 Å². The van der Waals surface area contributed by atoms with E-state index in [0.29, 0.717) is 11.3 Å². The number of carbonyl (C=O) groups excluding carboxylic acids is 1. The molecule has 0 spiro atoms. The minimum atomic E-state index is -3.86. The average molecular weight is 435 g/mol. The maximum Gasteiger partial charge on any atom is 0.261 e. The quantitative estimate of drug-likeness (QED) is 0.567. The topological polar surface area (TPSA) is 75.3 Å². The molecule has 3 aromatic carbocycles. The van der Waals surface area contributed by atoms with E-state index < -0.39 is 10.0 Å². The Balaban J connectivity index is 1.77. The molecule has 0 saturated heterocycles. The van der Waals surface area contributed by atoms with Crippen molar-refractivity contribution in [3.8, 4) is 0 Å². The number of benzene rings is 3. The Kier molecular flexibility index (Phi) is 5.93. The average Bonchev–Trinajstić information content (AvgIpc) is 2.66. The zero-order valence-electron chi connectivity index (χ0n) is 14.7. The van der Waals surface area contributed by atoms with Gasteiger partial charge in [-0.2, -0.15) is 0 Å². The first-order valence-electron chi connectivity index (χ1n) is 8.22. The molecule has 0 heterocycles. The van der Waals surface area contributed by atoms with Gasteiger partial charge in [0.05, 0.1) is 20.6 Å². The molecule has 8 heteroatoms. The number of rotatable bonds is 5. The molecule has 3 aromatic rings. The summed E-state index contributed by atoms with van der Waals surface area (Å²) in [6.45, 7) is 1.84. The van der Waals surface area contributed by atoms with Gasteiger partial charge >= 0.3 is 0 Å². The van der Waals surface area contributed by atoms with Crippen molar-refractivity contribution in [1.29, 1.82) is 0 Å². The number of hydrogen-bond acceptors (Lipinski definition) is 3. The summed E-state index contributed by atoms with van der Waals surface area (Å²) in [6.07, 6.45) is 0. The Morgan fingerprint density at radius 2 is 1.57 bits per heavy atom. The van der Waals surface area contributed by atoms with Crippen molar-refractivity contribution in [2.24, 2.45) is 0 Å². The molecule has 0 unspecified atom stereocenters. The molecule has 2 N–H and O–H groups in total. The summed E-state index contributed by atoms with van der Waals surface area (Å²) in [7, 11) is -3.86. The van der Waals surface area contributed by atoms with Crippen molar-refractivity contribution < 1.29 is 13.2 Å². The smallest absolute Gasteiger partial charge is 0.261 e. The molecule has 0 fully saturated rings. The molecule has 144 valence electrons. The minimum Gasteiger partial charge on any atom is -0.322 e. The fourth-order valence-electron chi connectivity index (χ4n) is 2.53. The minimum absolute atomic E-state index is 0.0254. The largest absolute Gasteiger partial charge is 0.322 e. The van der Waals surface area contributed by atoms with E-state index in [9.17, 15) is 13.2 Å². The van der Waals surface area contributed by atoms with E-state index in [1.807, 2.05) is 19.1 Å². The van der Waals surface area contributed by atoms with E-state index in [-0.39, 0.29) is 26.5 Å². The first-order valence-corrected chi connectivity index (χ1v) is 10.5. The monoisotopic (exact) mass is 434 g/mol. The fourth-order valence-corrected chi connectivity index (χ4v) is 4.01. The van der Waals surface area contributed by atoms with E-state index in [1.165, 1.54) is 30.3 Å². The third-order valence-corrected chi connectivity index (χ3v) is 6.21. The van der Waals surface area contributed by atoms with Crippen molar-refractivity contribution in [2.75, 3.05) is 10.0 Å². The summed E-state index contributed by atoms with van der Waals surface area (Å²) in [6, 6.07) is 17.7. The molecule has 0 radical (unpaired) electrons. The van der Waals surface area contributed by atoms with Gasteiger partial charge in [0.2, 0.25) is 0 Å². The number of amides is 1. The number of carbonyl (C=O) groups is 1. The zero-order valence-corrected chi connectivity index (χ0v) is 17.1. The SMILES string of the molecule is Cc1ccccc1C(=O)Nc1ccc(S(=O)(=O)Nc2cccc(Cl)c2Cl)cc1. The van der Waals surface area contributed by atoms with Gasteiger partial charge in [-0.15, -0.1) is 0 Å². The highest BCUT2D eigenvalue weighted by Gasteiger charge is 2.17. The Bertz CT molecular complexity index is 1130. The van der Waals surface area contributed by atoms with Gasteiger partial charge in [0.1, 0.15) is 0 Å². The summed E-state index contributed by atoms with van der Waals surface area (Å²) in [5.41, 5.74) is 2.07. The van der Waals surface area contributed by atoms with Crippen LogP contribution in [0.4, 0.5) is 11.4 Å². The standard InChI is InChI=1S/C20H16Cl2N2O3S/c1-13-5-2-3-6-16(13)20(25)23-14-9-11-15(12-10-14)28(26,27)24-18-8-4-7-17(21)19(18)22/h2-12,24H,1H3,(H,23,25). The van der Waals surface area contributed by atoms with Gasteiger partial charge in [-0.1, -0.05) is 47.5 Å². The molecule has 3 rings (SSSR count). The third-order valence-electron chi connectivity index (χ3n) is 4.01. The van der Waals surface area contributed by atoms with E-state index in [1.54, 1.807) is 24.3 Å². The van der Waals surface area contributed by atoms with Crippen molar-refractivity contribution in [2.45, 2.75) is 11.8 Å². The van der Waals surface area contributed by atoms with Crippen molar-refractivity contribution in [3.63, 3.8) is 0 Å². The van der Waals surface area contributed by atoms with Crippen LogP contribution < -0.4 is 10.0 Å². The lowest BCUT2D eigenvalue weighted by molar-refractivity contribution is 0.102. The summed E-state index contributed by atoms with van der Waals surface area (Å²) in [4.78, 5) is 12.4. The highest BCUT2D eigenvalue weighted by Crippen LogP contribution is 2.31. The van der Waals surface area contributed by atoms with Crippen LogP contribution >= 0.6 is 23.2 Å². The number of nitrogens with one attached hydrogen (secondary N) is 2. The lowest BCUT2D eigenvalue weighted by Crippen LogP contribution is -2.15. The number of anilines is 2. The maximum atomic E-state index is 12.6. The molecule has 1 amide bonds. The lowest BCUT2D eigenvalue weighted by atomic mass is 10.1. The molecule has 5 nitrogen and oxygen atoms in total. The van der Waals surface area contributed by atoms with E-state index >= 15 is 0 Å². The van der Waals surface area contributed by atoms with Gasteiger partial charge in [-0.3, -0.25) is 9.52 Å². The molecular formula is C20H16Cl2N2O3S. The predicted octanol–water partition coefficient (Wildman–Crippen LogP) is 5.35. The van der Waals surface area contributed by atoms with Gasteiger partial charge in [0.25, 0.3) is 15.9 Å². The summed E-state index contributed by atoms with van der Waals surface area (Å²) in [5, 5.41) is 3.12. The van der Waals surface area contributed by atoms with E-state index in [0.717, 1.165) is 5.56 Å². The first-order chi connectivity index (χ1) is 13.3. The fraction of sp³-hybridized carbons (Fsp3) is 0.0500. The van der Waals surface area contributed by atoms with Crippen LogP contribution in [0.2, 0.25) is 10.0 Å². The molecule has 0 saturated carbocycles. The Hall–Kier alpha value is -2.54. The number of sulfonamides is 1. The first kappa shape index (κ1) is 20.2. The lowest BCUT2D eigenvalue weighted by Gasteiger charge is -2.11. The van der Waals surface area contributed by atoms with Gasteiger partial charge in [0, 0.05) is 11.3 Å². The van der Waals surface area contributed by atoms with Crippen LogP contribution in [0.1, 0.15) is 15.9 Å². The van der Waals surface area contributed by atoms with Gasteiger partial charge in [0.15, 0.2) is 0 Å². The zero-order chi connectivity index (χ0) is 20.3. The number of aryl methyl sites for hydroxylation is 1. The Morgan fingerprint density at radius 3 is 2.25 bits per heavy atom. The van der Waals surface area contributed by atoms with Gasteiger partial charge in [-0.05, 0) is 55.0 Å². The Labute approximate surface area is 173 Å². The van der Waals surface area contributed by atoms with Crippen LogP contribution in [0.25, 0.3) is 0 Å². The molecule has 0 aliphatic carbocycles. The summed E-state index contributed by atoms with van der Waals surface area (Å²) in [5.74, 6) is -0.266. The highest BCUT2D eigenvalue weighted by atomic mass is 35.5. The van der Waals surface area contributed by atoms with Crippen molar-refractivity contribution in [1.82, 2.24) is 0 Å². The van der Waals surface area contributed by atoms with Crippen LogP contribution in [-0.2, 0) is 10.0 Å². The van der Waals surface area contributed by atoms with Crippen molar-refractivity contribution in [3.05, 3.63) is 87.9 Å². The van der Waals surface area contributed by atoms with E-state index in [2.05, 4.69) is 10.0 Å². The van der Waals surface area contributed by atoms with Crippen LogP contribution in [0.15, 0.2) is 71.6 Å². The second kappa shape index (κ2) is 8.22. The molecule has 0 bridgehead atoms. The van der Waals surface area contributed by atoms with E-state index in [4.69, 9.17) is 23.2 Å². The Morgan fingerprint density at radius 1 is 0.893 bits per heavy atom. The van der Waals surface area contributed by atoms with Crippen LogP contribution in [0.3, 0.4) is 0 Å². The second-order valence-electron chi connectivity index (χ2n) is 6.00. The molecule has 0 aliphatic rings. The molecule has 0 aliphatic heterocycles. The number of halogens is 2. The van der Waals surface area contributed by atoms with Crippen molar-refractivity contribution >= 4 is 50.5 Å². The second-order valence-corrected chi connectivity index (χ2v) is 8.47. The molecule has 0 aromatic heterocycles. The summed E-state index contributed by atoms with van der Waals surface area (Å²) >= 11 is 11.9. The normalized spacial score (nSPS) is 11.1. The summed E-state index contributed by atoms with van der Waals surface area (Å²) < 4.78 is 27.5.